The van der Waals surface area contributed by atoms with Crippen LogP contribution in [0.4, 0.5) is 0 Å². The molecule has 0 radical (unpaired) electrons. The van der Waals surface area contributed by atoms with E-state index in [1.54, 1.807) is 0 Å². The normalized spacial score (nSPS) is 11.4. The largest absolute Gasteiger partial charge is 2.00 e. The van der Waals surface area contributed by atoms with E-state index in [0.717, 1.165) is 76.5 Å². The molecule has 0 aliphatic heterocycles. The van der Waals surface area contributed by atoms with Gasteiger partial charge in [0, 0.05) is 35.0 Å². The summed E-state index contributed by atoms with van der Waals surface area (Å²) in [5.41, 5.74) is 10.7. The third kappa shape index (κ3) is 7.14. The van der Waals surface area contributed by atoms with Crippen molar-refractivity contribution in [2.45, 2.75) is 66.7 Å². The van der Waals surface area contributed by atoms with Gasteiger partial charge in [-0.2, -0.15) is 17.2 Å². The van der Waals surface area contributed by atoms with Crippen LogP contribution in [0.25, 0.3) is 44.4 Å². The predicted octanol–water partition coefficient (Wildman–Crippen LogP) is 10.8. The molecular weight excluding hydrogens is 784 g/mol. The van der Waals surface area contributed by atoms with Crippen molar-refractivity contribution in [1.29, 1.82) is 0 Å². The molecule has 0 bridgehead atoms. The summed E-state index contributed by atoms with van der Waals surface area (Å²) < 4.78 is 10.5. The predicted molar refractivity (Wildman–Crippen MR) is 197 cm³/mol. The zero-order chi connectivity index (χ0) is 33.2. The number of pyridine rings is 1. The van der Waals surface area contributed by atoms with Crippen LogP contribution >= 0.6 is 0 Å². The first kappa shape index (κ1) is 34.4. The Balaban J connectivity index is 0.00000417. The Morgan fingerprint density at radius 2 is 1.57 bits per heavy atom. The van der Waals surface area contributed by atoms with E-state index in [4.69, 9.17) is 14.8 Å². The summed E-state index contributed by atoms with van der Waals surface area (Å²) in [6.45, 7) is 11.2. The number of benzene rings is 4. The number of rotatable bonds is 11. The summed E-state index contributed by atoms with van der Waals surface area (Å²) in [6, 6.07) is 34.4. The Labute approximate surface area is 304 Å². The van der Waals surface area contributed by atoms with Crippen LogP contribution in [0.15, 0.2) is 97.5 Å². The van der Waals surface area contributed by atoms with E-state index in [0.29, 0.717) is 17.4 Å². The summed E-state index contributed by atoms with van der Waals surface area (Å²) in [5, 5.41) is 7.07. The van der Waals surface area contributed by atoms with Crippen molar-refractivity contribution in [1.82, 2.24) is 19.3 Å². The van der Waals surface area contributed by atoms with Crippen LogP contribution in [0.1, 0.15) is 62.8 Å². The van der Waals surface area contributed by atoms with Gasteiger partial charge in [0.25, 0.3) is 0 Å². The van der Waals surface area contributed by atoms with E-state index in [1.165, 1.54) is 22.3 Å². The van der Waals surface area contributed by atoms with E-state index in [-0.39, 0.29) is 21.1 Å². The van der Waals surface area contributed by atoms with Crippen molar-refractivity contribution >= 4 is 21.8 Å². The van der Waals surface area contributed by atoms with Gasteiger partial charge < -0.3 is 9.30 Å². The summed E-state index contributed by atoms with van der Waals surface area (Å²) in [5.74, 6) is 2.70. The standard InChI is InChI=1S/C43H42N4O.Pt/c1-6-11-32-23-31(21-29(3)4)24-33(12-7-2)43(32)34-27-45-46(28-34)35-13-10-14-36(25-35)48-37-17-18-39-38-15-8-9-16-40(38)47(41(39)26-37)42-22-30(5)19-20-44-42;/h8-10,13-20,22-24,27-29H,6-7,11-12,21H2,1-5H3;/q-2;+2. The second kappa shape index (κ2) is 15.0. The molecule has 0 saturated carbocycles. The molecule has 0 spiro atoms. The molecule has 7 rings (SSSR count). The Hall–Kier alpha value is -4.47. The van der Waals surface area contributed by atoms with Gasteiger partial charge in [-0.25, -0.2) is 4.98 Å². The van der Waals surface area contributed by atoms with E-state index in [1.807, 2.05) is 47.4 Å². The Kier molecular flexibility index (Phi) is 10.5. The molecule has 5 nitrogen and oxygen atoms in total. The van der Waals surface area contributed by atoms with Crippen molar-refractivity contribution in [3.05, 3.63) is 132 Å². The minimum atomic E-state index is 0. The minimum Gasteiger partial charge on any atom is -0.509 e. The maximum Gasteiger partial charge on any atom is 2.00 e. The molecular formula is C43H42N4OPt. The number of hydrogen-bond acceptors (Lipinski definition) is 3. The summed E-state index contributed by atoms with van der Waals surface area (Å²) in [4.78, 5) is 4.70. The van der Waals surface area contributed by atoms with E-state index in [9.17, 15) is 0 Å². The summed E-state index contributed by atoms with van der Waals surface area (Å²) >= 11 is 0. The van der Waals surface area contributed by atoms with Gasteiger partial charge in [0.15, 0.2) is 0 Å². The Bertz CT molecular complexity index is 2200. The number of hydrogen-bond donors (Lipinski definition) is 0. The maximum absolute atomic E-state index is 6.41. The van der Waals surface area contributed by atoms with Gasteiger partial charge in [-0.3, -0.25) is 4.68 Å². The fourth-order valence-corrected chi connectivity index (χ4v) is 6.88. The number of aryl methyl sites for hydroxylation is 3. The first-order chi connectivity index (χ1) is 23.4. The molecule has 0 unspecified atom stereocenters. The molecule has 0 N–H and O–H groups in total. The third-order valence-corrected chi connectivity index (χ3v) is 8.82. The van der Waals surface area contributed by atoms with Crippen LogP contribution in [-0.2, 0) is 40.3 Å². The fraction of sp³-hybridized carbons (Fsp3) is 0.256. The Morgan fingerprint density at radius 1 is 0.816 bits per heavy atom. The van der Waals surface area contributed by atoms with Crippen LogP contribution < -0.4 is 4.74 Å². The second-order valence-corrected chi connectivity index (χ2v) is 13.2. The van der Waals surface area contributed by atoms with Crippen LogP contribution in [-0.4, -0.2) is 19.3 Å². The molecule has 250 valence electrons. The molecule has 49 heavy (non-hydrogen) atoms. The van der Waals surface area contributed by atoms with Crippen molar-refractivity contribution < 1.29 is 25.8 Å². The first-order valence-electron chi connectivity index (χ1n) is 17.2. The van der Waals surface area contributed by atoms with Crippen LogP contribution in [0.5, 0.6) is 11.5 Å². The molecule has 0 atom stereocenters. The Morgan fingerprint density at radius 3 is 2.31 bits per heavy atom. The monoisotopic (exact) mass is 825 g/mol. The molecule has 3 aromatic heterocycles. The van der Waals surface area contributed by atoms with Crippen LogP contribution in [0.3, 0.4) is 0 Å². The first-order valence-corrected chi connectivity index (χ1v) is 17.2. The molecule has 0 fully saturated rings. The number of para-hydroxylation sites is 1. The van der Waals surface area contributed by atoms with Crippen molar-refractivity contribution in [2.24, 2.45) is 5.92 Å². The van der Waals surface area contributed by atoms with Crippen molar-refractivity contribution in [3.8, 4) is 34.1 Å². The van der Waals surface area contributed by atoms with Gasteiger partial charge in [-0.1, -0.05) is 76.4 Å². The average molecular weight is 826 g/mol. The second-order valence-electron chi connectivity index (χ2n) is 13.2. The number of nitrogens with zero attached hydrogens (tertiary/aromatic N) is 4. The van der Waals surface area contributed by atoms with Crippen molar-refractivity contribution in [2.75, 3.05) is 0 Å². The van der Waals surface area contributed by atoms with Crippen LogP contribution in [0.2, 0.25) is 0 Å². The molecule has 4 aromatic carbocycles. The van der Waals surface area contributed by atoms with Gasteiger partial charge in [0.2, 0.25) is 0 Å². The number of aromatic nitrogens is 4. The molecule has 0 amide bonds. The smallest absolute Gasteiger partial charge is 0.509 e. The molecule has 0 saturated heterocycles. The number of ether oxygens (including phenoxy) is 1. The number of fused-ring (bicyclic) bond motifs is 3. The van der Waals surface area contributed by atoms with Gasteiger partial charge in [-0.05, 0) is 89.2 Å². The van der Waals surface area contributed by atoms with E-state index < -0.39 is 0 Å². The fourth-order valence-electron chi connectivity index (χ4n) is 6.88. The zero-order valence-corrected chi connectivity index (χ0v) is 31.1. The molecule has 3 heterocycles. The molecule has 7 aromatic rings. The maximum atomic E-state index is 6.41. The van der Waals surface area contributed by atoms with E-state index >= 15 is 0 Å². The molecule has 0 aliphatic carbocycles. The van der Waals surface area contributed by atoms with E-state index in [2.05, 4.69) is 106 Å². The third-order valence-electron chi connectivity index (χ3n) is 8.82. The van der Waals surface area contributed by atoms with Crippen molar-refractivity contribution in [3.63, 3.8) is 0 Å². The van der Waals surface area contributed by atoms with Gasteiger partial charge in [0.1, 0.15) is 5.82 Å². The average Bonchev–Trinajstić information content (AvgIpc) is 3.68. The summed E-state index contributed by atoms with van der Waals surface area (Å²) in [6.07, 6.45) is 11.4. The molecule has 6 heteroatoms. The molecule has 0 aliphatic rings. The topological polar surface area (TPSA) is 44.9 Å². The summed E-state index contributed by atoms with van der Waals surface area (Å²) in [7, 11) is 0. The van der Waals surface area contributed by atoms with Gasteiger partial charge in [-0.15, -0.1) is 35.7 Å². The zero-order valence-electron chi connectivity index (χ0n) is 28.9. The van der Waals surface area contributed by atoms with Gasteiger partial charge >= 0.3 is 21.1 Å². The quantitative estimate of drug-likeness (QED) is 0.122. The van der Waals surface area contributed by atoms with Gasteiger partial charge in [0.05, 0.1) is 6.20 Å². The minimum absolute atomic E-state index is 0. The van der Waals surface area contributed by atoms with Crippen LogP contribution in [0, 0.1) is 25.0 Å². The SMILES string of the molecule is CCCc1cc(CC(C)C)cc(CCC)c1-c1cnn(-c2[c-]c(Oc3[c-]c4c(cc3)c3ccccc3n4-c3cc(C)ccn3)ccc2)c1.[Pt+2].